The fourth-order valence-electron chi connectivity index (χ4n) is 3.07. The van der Waals surface area contributed by atoms with Gasteiger partial charge in [0, 0.05) is 5.39 Å². The number of carboxylic acid groups (broad SMARTS) is 1. The lowest BCUT2D eigenvalue weighted by Crippen LogP contribution is -2.37. The molecule has 4 rings (SSSR count). The molecule has 1 aliphatic heterocycles. The molecule has 0 radical (unpaired) electrons. The lowest BCUT2D eigenvalue weighted by molar-refractivity contribution is -0.133. The van der Waals surface area contributed by atoms with E-state index >= 15 is 0 Å². The number of carboxylic acids is 1. The Hall–Kier alpha value is -1.73. The van der Waals surface area contributed by atoms with Gasteiger partial charge in [-0.3, -0.25) is 15.1 Å². The summed E-state index contributed by atoms with van der Waals surface area (Å²) >= 11 is 4.79. The Morgan fingerprint density at radius 1 is 1.29 bits per heavy atom. The Kier molecular flexibility index (Phi) is 4.14. The predicted octanol–water partition coefficient (Wildman–Crippen LogP) is 3.89. The highest BCUT2D eigenvalue weighted by atomic mass is 79.9. The number of hydrogen-bond donors (Lipinski definition) is 2. The highest BCUT2D eigenvalue weighted by molar-refractivity contribution is 9.18. The quantitative estimate of drug-likeness (QED) is 0.738. The Balaban J connectivity index is 1.76. The molecule has 5 nitrogen and oxygen atoms in total. The number of carbonyl (C=O) groups is 1. The third-order valence-electron chi connectivity index (χ3n) is 4.28. The van der Waals surface area contributed by atoms with Crippen LogP contribution in [0.4, 0.5) is 5.69 Å². The van der Waals surface area contributed by atoms with Crippen LogP contribution in [0.2, 0.25) is 0 Å². The Morgan fingerprint density at radius 3 is 2.75 bits per heavy atom. The molecule has 1 heterocycles. The number of benzene rings is 2. The lowest BCUT2D eigenvalue weighted by Gasteiger charge is -2.26. The largest absolute Gasteiger partial charge is 0.481 e. The average molecular weight is 406 g/mol. The number of hydrogen-bond acceptors (Lipinski definition) is 5. The van der Waals surface area contributed by atoms with Crippen molar-refractivity contribution >= 4 is 54.9 Å². The van der Waals surface area contributed by atoms with Gasteiger partial charge in [-0.25, -0.2) is 0 Å². The first-order valence-corrected chi connectivity index (χ1v) is 9.62. The number of halogens is 1. The molecule has 7 heteroatoms. The topological polar surface area (TPSA) is 64.9 Å². The third-order valence-corrected chi connectivity index (χ3v) is 5.88. The van der Waals surface area contributed by atoms with E-state index in [1.165, 1.54) is 40.9 Å². The van der Waals surface area contributed by atoms with E-state index < -0.39 is 5.97 Å². The van der Waals surface area contributed by atoms with Gasteiger partial charge in [0.05, 0.1) is 11.4 Å². The van der Waals surface area contributed by atoms with Crippen molar-refractivity contribution in [2.45, 2.75) is 24.3 Å². The van der Waals surface area contributed by atoms with Crippen LogP contribution >= 0.6 is 27.7 Å². The average Bonchev–Trinajstić information content (AvgIpc) is 3.35. The van der Waals surface area contributed by atoms with Gasteiger partial charge < -0.3 is 5.11 Å². The molecule has 0 saturated heterocycles. The molecule has 1 saturated carbocycles. The van der Waals surface area contributed by atoms with Crippen molar-refractivity contribution in [2.75, 3.05) is 10.7 Å². The monoisotopic (exact) mass is 405 g/mol. The van der Waals surface area contributed by atoms with Gasteiger partial charge in [0.25, 0.3) is 0 Å². The van der Waals surface area contributed by atoms with Crippen molar-refractivity contribution < 1.29 is 9.90 Å². The van der Waals surface area contributed by atoms with Crippen molar-refractivity contribution in [3.63, 3.8) is 0 Å². The molecule has 0 aromatic heterocycles. The van der Waals surface area contributed by atoms with Crippen LogP contribution in [0.1, 0.15) is 24.3 Å². The van der Waals surface area contributed by atoms with Gasteiger partial charge in [0.1, 0.15) is 0 Å². The fraction of sp³-hybridized carbons (Fsp3) is 0.294. The molecule has 1 atom stereocenters. The number of nitrogens with zero attached hydrogens (tertiary/aromatic N) is 2. The third kappa shape index (κ3) is 2.86. The highest BCUT2D eigenvalue weighted by Gasteiger charge is 2.31. The van der Waals surface area contributed by atoms with Crippen molar-refractivity contribution in [1.29, 1.82) is 0 Å². The molecule has 1 aliphatic carbocycles. The molecule has 0 bridgehead atoms. The Morgan fingerprint density at radius 2 is 2.04 bits per heavy atom. The van der Waals surface area contributed by atoms with Crippen LogP contribution in [0, 0.1) is 0 Å². The minimum absolute atomic E-state index is 0.0159. The van der Waals surface area contributed by atoms with E-state index in [0.717, 1.165) is 5.69 Å². The van der Waals surface area contributed by atoms with Crippen LogP contribution in [0.5, 0.6) is 0 Å². The van der Waals surface area contributed by atoms with Crippen LogP contribution in [0.3, 0.4) is 0 Å². The van der Waals surface area contributed by atoms with Crippen LogP contribution in [-0.2, 0) is 4.79 Å². The number of aliphatic carboxylic acids is 1. The van der Waals surface area contributed by atoms with Crippen molar-refractivity contribution in [3.8, 4) is 0 Å². The van der Waals surface area contributed by atoms with Crippen LogP contribution in [0.25, 0.3) is 10.8 Å². The van der Waals surface area contributed by atoms with E-state index in [9.17, 15) is 4.79 Å². The summed E-state index contributed by atoms with van der Waals surface area (Å²) in [5.41, 5.74) is 5.18. The van der Waals surface area contributed by atoms with Gasteiger partial charge in [0.15, 0.2) is 10.2 Å². The second kappa shape index (κ2) is 6.29. The summed E-state index contributed by atoms with van der Waals surface area (Å²) in [7, 11) is 0. The first kappa shape index (κ1) is 15.8. The normalized spacial score (nSPS) is 20.1. The maximum atomic E-state index is 10.9. The minimum Gasteiger partial charge on any atom is -0.481 e. The van der Waals surface area contributed by atoms with Gasteiger partial charge in [-0.05, 0) is 51.7 Å². The summed E-state index contributed by atoms with van der Waals surface area (Å²) in [6, 6.07) is 12.7. The number of nitrogens with one attached hydrogen (secondary N) is 1. The summed E-state index contributed by atoms with van der Waals surface area (Å²) in [6.07, 6.45) is 2.52. The van der Waals surface area contributed by atoms with Crippen LogP contribution < -0.4 is 10.3 Å². The Labute approximate surface area is 152 Å². The second-order valence-electron chi connectivity index (χ2n) is 5.93. The maximum absolute atomic E-state index is 10.9. The molecule has 0 amide bonds. The van der Waals surface area contributed by atoms with Crippen LogP contribution in [0.15, 0.2) is 41.5 Å². The number of anilines is 1. The van der Waals surface area contributed by atoms with E-state index in [0.29, 0.717) is 10.7 Å². The molecule has 124 valence electrons. The summed E-state index contributed by atoms with van der Waals surface area (Å²) in [5, 5.41) is 15.6. The van der Waals surface area contributed by atoms with Crippen molar-refractivity contribution in [1.82, 2.24) is 5.43 Å². The molecule has 2 aromatic rings. The van der Waals surface area contributed by atoms with Gasteiger partial charge in [-0.1, -0.05) is 30.3 Å². The first-order chi connectivity index (χ1) is 11.6. The van der Waals surface area contributed by atoms with Gasteiger partial charge >= 0.3 is 5.97 Å². The smallest absolute Gasteiger partial charge is 0.313 e. The number of rotatable bonds is 5. The molecule has 2 N–H and O–H groups in total. The zero-order valence-corrected chi connectivity index (χ0v) is 15.2. The lowest BCUT2D eigenvalue weighted by atomic mass is 9.99. The predicted molar refractivity (Wildman–Crippen MR) is 102 cm³/mol. The molecule has 2 aliphatic rings. The number of fused-ring (bicyclic) bond motifs is 1. The zero-order chi connectivity index (χ0) is 16.7. The SMILES string of the molecule is O=C(O)CSC1NN=C(Br)N1c1ccc(C2CC2)c2ccccc12. The molecular weight excluding hydrogens is 390 g/mol. The van der Waals surface area contributed by atoms with Crippen LogP contribution in [-0.4, -0.2) is 27.1 Å². The molecule has 0 spiro atoms. The minimum atomic E-state index is -0.835. The first-order valence-electron chi connectivity index (χ1n) is 7.78. The number of hydrazone groups is 1. The van der Waals surface area contributed by atoms with E-state index in [4.69, 9.17) is 5.11 Å². The molecular formula is C17H16BrN3O2S. The maximum Gasteiger partial charge on any atom is 0.313 e. The van der Waals surface area contributed by atoms with Gasteiger partial charge in [0.2, 0.25) is 0 Å². The van der Waals surface area contributed by atoms with Crippen molar-refractivity contribution in [3.05, 3.63) is 42.0 Å². The second-order valence-corrected chi connectivity index (χ2v) is 7.71. The van der Waals surface area contributed by atoms with Crippen molar-refractivity contribution in [2.24, 2.45) is 5.10 Å². The standard InChI is InChI=1S/C17H16BrN3O2S/c18-16-19-20-17(24-9-15(22)23)21(16)14-8-7-11(10-5-6-10)12-3-1-2-4-13(12)14/h1-4,7-8,10,17,20H,5-6,9H2,(H,22,23). The zero-order valence-electron chi connectivity index (χ0n) is 12.8. The molecule has 1 unspecified atom stereocenters. The summed E-state index contributed by atoms with van der Waals surface area (Å²) in [4.78, 5) is 12.9. The Bertz CT molecular complexity index is 838. The summed E-state index contributed by atoms with van der Waals surface area (Å²) < 4.78 is 0.662. The van der Waals surface area contributed by atoms with E-state index in [2.05, 4.69) is 56.8 Å². The fourth-order valence-corrected chi connectivity index (χ4v) is 4.50. The number of thioether (sulfide) groups is 1. The van der Waals surface area contributed by atoms with E-state index in [-0.39, 0.29) is 11.3 Å². The van der Waals surface area contributed by atoms with E-state index in [1.807, 2.05) is 11.0 Å². The molecule has 1 fully saturated rings. The van der Waals surface area contributed by atoms with Gasteiger partial charge in [-0.2, -0.15) is 5.10 Å². The summed E-state index contributed by atoms with van der Waals surface area (Å²) in [5.74, 6) is -0.143. The number of amidine groups is 1. The molecule has 2 aromatic carbocycles. The highest BCUT2D eigenvalue weighted by Crippen LogP contribution is 2.45. The summed E-state index contributed by atoms with van der Waals surface area (Å²) in [6.45, 7) is 0. The molecule has 24 heavy (non-hydrogen) atoms. The van der Waals surface area contributed by atoms with Gasteiger partial charge in [-0.15, -0.1) is 11.8 Å². The van der Waals surface area contributed by atoms with E-state index in [1.54, 1.807) is 0 Å².